The summed E-state index contributed by atoms with van der Waals surface area (Å²) in [6, 6.07) is 3.68. The number of ether oxygens (including phenoxy) is 1. The van der Waals surface area contributed by atoms with Crippen molar-refractivity contribution in [2.45, 2.75) is 13.5 Å². The van der Waals surface area contributed by atoms with Crippen molar-refractivity contribution < 1.29 is 9.53 Å². The minimum atomic E-state index is -0.166. The van der Waals surface area contributed by atoms with E-state index in [0.717, 1.165) is 12.1 Å². The maximum atomic E-state index is 12.8. The molecule has 0 fully saturated rings. The summed E-state index contributed by atoms with van der Waals surface area (Å²) in [7, 11) is 5.49. The molecule has 0 saturated heterocycles. The molecule has 0 aromatic carbocycles. The van der Waals surface area contributed by atoms with Crippen LogP contribution in [0.1, 0.15) is 21.7 Å². The van der Waals surface area contributed by atoms with Gasteiger partial charge in [-0.2, -0.15) is 5.10 Å². The summed E-state index contributed by atoms with van der Waals surface area (Å²) < 4.78 is 6.95. The van der Waals surface area contributed by atoms with Gasteiger partial charge in [0, 0.05) is 12.7 Å². The number of likely N-dealkylation sites (N-methyl/N-ethyl adjacent to an activating group) is 1. The van der Waals surface area contributed by atoms with Gasteiger partial charge in [-0.1, -0.05) is 6.07 Å². The standard InChI is InChI=1S/C15H20N4O2/c1-11-6-5-7-16-13(11)15(20)14-12(21-4)10-17-19(14)9-8-18(2)3/h5-7,10H,8-9H2,1-4H3. The summed E-state index contributed by atoms with van der Waals surface area (Å²) in [5.74, 6) is 0.310. The van der Waals surface area contributed by atoms with E-state index in [-0.39, 0.29) is 5.78 Å². The number of aromatic nitrogens is 3. The number of carbonyl (C=O) groups is 1. The van der Waals surface area contributed by atoms with Gasteiger partial charge >= 0.3 is 0 Å². The molecule has 2 rings (SSSR count). The molecule has 6 heteroatoms. The molecular formula is C15H20N4O2. The maximum Gasteiger partial charge on any atom is 0.233 e. The topological polar surface area (TPSA) is 60.2 Å². The van der Waals surface area contributed by atoms with Crippen LogP contribution in [-0.4, -0.2) is 53.2 Å². The van der Waals surface area contributed by atoms with Gasteiger partial charge in [0.15, 0.2) is 11.4 Å². The van der Waals surface area contributed by atoms with Crippen LogP contribution in [0.15, 0.2) is 24.5 Å². The zero-order valence-corrected chi connectivity index (χ0v) is 12.8. The van der Waals surface area contributed by atoms with Gasteiger partial charge in [0.25, 0.3) is 0 Å². The molecule has 0 bridgehead atoms. The first-order valence-corrected chi connectivity index (χ1v) is 6.75. The van der Waals surface area contributed by atoms with Gasteiger partial charge in [-0.25, -0.2) is 0 Å². The molecular weight excluding hydrogens is 268 g/mol. The Morgan fingerprint density at radius 2 is 2.19 bits per heavy atom. The number of nitrogens with zero attached hydrogens (tertiary/aromatic N) is 4. The van der Waals surface area contributed by atoms with Crippen LogP contribution in [0.3, 0.4) is 0 Å². The van der Waals surface area contributed by atoms with Crippen molar-refractivity contribution in [3.8, 4) is 5.75 Å². The fraction of sp³-hybridized carbons (Fsp3) is 0.400. The van der Waals surface area contributed by atoms with Gasteiger partial charge in [-0.15, -0.1) is 0 Å². The molecule has 0 aliphatic heterocycles. The lowest BCUT2D eigenvalue weighted by molar-refractivity contribution is 0.102. The highest BCUT2D eigenvalue weighted by molar-refractivity contribution is 6.09. The van der Waals surface area contributed by atoms with Crippen LogP contribution in [0.25, 0.3) is 0 Å². The van der Waals surface area contributed by atoms with Gasteiger partial charge in [-0.05, 0) is 32.6 Å². The highest BCUT2D eigenvalue weighted by Gasteiger charge is 2.23. The number of pyridine rings is 1. The molecule has 0 spiro atoms. The number of methoxy groups -OCH3 is 1. The number of carbonyl (C=O) groups excluding carboxylic acids is 1. The Balaban J connectivity index is 2.39. The number of ketones is 1. The lowest BCUT2D eigenvalue weighted by Gasteiger charge is -2.12. The Hall–Kier alpha value is -2.21. The lowest BCUT2D eigenvalue weighted by Crippen LogP contribution is -2.22. The normalized spacial score (nSPS) is 10.9. The fourth-order valence-electron chi connectivity index (χ4n) is 2.05. The second kappa shape index (κ2) is 6.49. The largest absolute Gasteiger partial charge is 0.493 e. The minimum absolute atomic E-state index is 0.166. The van der Waals surface area contributed by atoms with Gasteiger partial charge in [0.1, 0.15) is 5.69 Å². The van der Waals surface area contributed by atoms with Crippen LogP contribution in [0.5, 0.6) is 5.75 Å². The smallest absolute Gasteiger partial charge is 0.233 e. The van der Waals surface area contributed by atoms with E-state index in [1.54, 1.807) is 17.1 Å². The molecule has 0 atom stereocenters. The number of aryl methyl sites for hydroxylation is 1. The van der Waals surface area contributed by atoms with Crippen molar-refractivity contribution in [3.63, 3.8) is 0 Å². The molecule has 0 radical (unpaired) electrons. The molecule has 2 aromatic heterocycles. The monoisotopic (exact) mass is 288 g/mol. The van der Waals surface area contributed by atoms with Crippen LogP contribution in [0.2, 0.25) is 0 Å². The molecule has 112 valence electrons. The zero-order chi connectivity index (χ0) is 15.4. The van der Waals surface area contributed by atoms with Crippen LogP contribution in [0.4, 0.5) is 0 Å². The number of rotatable bonds is 6. The van der Waals surface area contributed by atoms with Crippen molar-refractivity contribution in [2.24, 2.45) is 0 Å². The van der Waals surface area contributed by atoms with Crippen molar-refractivity contribution in [3.05, 3.63) is 41.5 Å². The van der Waals surface area contributed by atoms with E-state index in [2.05, 4.69) is 10.1 Å². The second-order valence-corrected chi connectivity index (χ2v) is 5.09. The summed E-state index contributed by atoms with van der Waals surface area (Å²) in [6.45, 7) is 3.27. The quantitative estimate of drug-likeness (QED) is 0.752. The number of hydrogen-bond donors (Lipinski definition) is 0. The molecule has 0 saturated carbocycles. The molecule has 0 aliphatic rings. The first-order chi connectivity index (χ1) is 10.0. The van der Waals surface area contributed by atoms with Gasteiger partial charge in [-0.3, -0.25) is 14.5 Å². The highest BCUT2D eigenvalue weighted by atomic mass is 16.5. The van der Waals surface area contributed by atoms with Crippen molar-refractivity contribution in [2.75, 3.05) is 27.7 Å². The zero-order valence-electron chi connectivity index (χ0n) is 12.8. The Morgan fingerprint density at radius 1 is 1.43 bits per heavy atom. The average Bonchev–Trinajstić information content (AvgIpc) is 2.87. The fourth-order valence-corrected chi connectivity index (χ4v) is 2.05. The van der Waals surface area contributed by atoms with Crippen molar-refractivity contribution in [1.82, 2.24) is 19.7 Å². The van der Waals surface area contributed by atoms with E-state index in [9.17, 15) is 4.79 Å². The number of hydrogen-bond acceptors (Lipinski definition) is 5. The molecule has 0 N–H and O–H groups in total. The van der Waals surface area contributed by atoms with Gasteiger partial charge < -0.3 is 9.64 Å². The summed E-state index contributed by atoms with van der Waals surface area (Å²) in [5, 5.41) is 4.25. The van der Waals surface area contributed by atoms with Crippen LogP contribution >= 0.6 is 0 Å². The molecule has 2 heterocycles. The summed E-state index contributed by atoms with van der Waals surface area (Å²) in [4.78, 5) is 19.0. The first kappa shape index (κ1) is 15.2. The Morgan fingerprint density at radius 3 is 2.81 bits per heavy atom. The minimum Gasteiger partial charge on any atom is -0.493 e. The summed E-state index contributed by atoms with van der Waals surface area (Å²) in [5.41, 5.74) is 1.72. The van der Waals surface area contributed by atoms with Crippen LogP contribution < -0.4 is 4.74 Å². The van der Waals surface area contributed by atoms with Crippen molar-refractivity contribution >= 4 is 5.78 Å². The molecule has 0 aliphatic carbocycles. The Labute approximate surface area is 124 Å². The third kappa shape index (κ3) is 3.28. The Kier molecular flexibility index (Phi) is 4.70. The molecule has 21 heavy (non-hydrogen) atoms. The van der Waals surface area contributed by atoms with Gasteiger partial charge in [0.2, 0.25) is 5.78 Å². The Bertz CT molecular complexity index is 634. The SMILES string of the molecule is COc1cnn(CCN(C)C)c1C(=O)c1ncccc1C. The van der Waals surface area contributed by atoms with Gasteiger partial charge in [0.05, 0.1) is 19.9 Å². The highest BCUT2D eigenvalue weighted by Crippen LogP contribution is 2.21. The van der Waals surface area contributed by atoms with E-state index in [1.807, 2.05) is 38.1 Å². The molecule has 0 unspecified atom stereocenters. The van der Waals surface area contributed by atoms with Crippen LogP contribution in [-0.2, 0) is 6.54 Å². The third-order valence-corrected chi connectivity index (χ3v) is 3.22. The van der Waals surface area contributed by atoms with E-state index in [1.165, 1.54) is 7.11 Å². The predicted molar refractivity (Wildman–Crippen MR) is 79.7 cm³/mol. The predicted octanol–water partition coefficient (Wildman–Crippen LogP) is 1.39. The van der Waals surface area contributed by atoms with E-state index >= 15 is 0 Å². The third-order valence-electron chi connectivity index (χ3n) is 3.22. The molecule has 0 amide bonds. The summed E-state index contributed by atoms with van der Waals surface area (Å²) in [6.07, 6.45) is 3.19. The van der Waals surface area contributed by atoms with E-state index in [4.69, 9.17) is 4.74 Å². The van der Waals surface area contributed by atoms with E-state index < -0.39 is 0 Å². The maximum absolute atomic E-state index is 12.8. The van der Waals surface area contributed by atoms with Crippen molar-refractivity contribution in [1.29, 1.82) is 0 Å². The first-order valence-electron chi connectivity index (χ1n) is 6.75. The molecule has 6 nitrogen and oxygen atoms in total. The lowest BCUT2D eigenvalue weighted by atomic mass is 10.1. The molecule has 2 aromatic rings. The summed E-state index contributed by atoms with van der Waals surface area (Å²) >= 11 is 0. The van der Waals surface area contributed by atoms with Crippen LogP contribution in [0, 0.1) is 6.92 Å². The average molecular weight is 288 g/mol. The van der Waals surface area contributed by atoms with E-state index in [0.29, 0.717) is 23.7 Å². The second-order valence-electron chi connectivity index (χ2n) is 5.09.